The zero-order chi connectivity index (χ0) is 29.2. The van der Waals surface area contributed by atoms with Gasteiger partial charge in [0.25, 0.3) is 5.91 Å². The number of nitrogens with zero attached hydrogens (tertiary/aromatic N) is 3. The molecule has 222 valence electrons. The molecule has 10 nitrogen and oxygen atoms in total. The van der Waals surface area contributed by atoms with Gasteiger partial charge in [-0.15, -0.1) is 0 Å². The predicted octanol–water partition coefficient (Wildman–Crippen LogP) is 2.98. The Hall–Kier alpha value is -3.26. The van der Waals surface area contributed by atoms with Crippen LogP contribution in [0, 0.1) is 17.7 Å². The number of nitrogens with one attached hydrogen (secondary N) is 2. The van der Waals surface area contributed by atoms with Crippen molar-refractivity contribution in [1.82, 2.24) is 25.4 Å². The van der Waals surface area contributed by atoms with Crippen LogP contribution in [-0.4, -0.2) is 86.7 Å². The first-order valence-corrected chi connectivity index (χ1v) is 13.7. The van der Waals surface area contributed by atoms with Gasteiger partial charge in [-0.2, -0.15) is 18.3 Å². The highest BCUT2D eigenvalue weighted by atomic mass is 19.4. The van der Waals surface area contributed by atoms with Gasteiger partial charge in [0.15, 0.2) is 11.4 Å². The first kappa shape index (κ1) is 27.9. The number of likely N-dealkylation sites (tertiary alicyclic amines) is 1. The third-order valence-electron chi connectivity index (χ3n) is 9.28. The number of hydrogen-bond donors (Lipinski definition) is 3. The molecule has 0 radical (unpaired) electrons. The molecule has 2 aliphatic heterocycles. The van der Waals surface area contributed by atoms with Gasteiger partial charge in [-0.05, 0) is 51.0 Å². The van der Waals surface area contributed by atoms with E-state index in [1.807, 2.05) is 0 Å². The molecule has 2 saturated carbocycles. The molecule has 4 aliphatic rings. The topological polar surface area (TPSA) is 130 Å². The molecule has 4 heterocycles. The molecule has 6 rings (SSSR count). The number of carbonyl (C=O) groups is 2. The average Bonchev–Trinajstić information content (AvgIpc) is 3.52. The number of halogens is 4. The lowest BCUT2D eigenvalue weighted by molar-refractivity contribution is -0.319. The second-order valence-electron chi connectivity index (χ2n) is 11.6. The van der Waals surface area contributed by atoms with Crippen molar-refractivity contribution in [3.63, 3.8) is 0 Å². The minimum atomic E-state index is -4.55. The van der Waals surface area contributed by atoms with Gasteiger partial charge in [0.05, 0.1) is 31.7 Å². The summed E-state index contributed by atoms with van der Waals surface area (Å²) in [6.07, 6.45) is -2.98. The molecular formula is C27H31F4N5O5. The second kappa shape index (κ2) is 9.93. The van der Waals surface area contributed by atoms with Gasteiger partial charge in [-0.3, -0.25) is 14.7 Å². The van der Waals surface area contributed by atoms with Gasteiger partial charge in [0.1, 0.15) is 5.69 Å². The number of aromatic amines is 1. The maximum absolute atomic E-state index is 14.4. The number of hydrogen-bond acceptors (Lipinski definition) is 7. The van der Waals surface area contributed by atoms with Crippen molar-refractivity contribution in [3.05, 3.63) is 29.8 Å². The molecule has 41 heavy (non-hydrogen) atoms. The molecular weight excluding hydrogens is 550 g/mol. The number of methoxy groups -OCH3 is 1. The Morgan fingerprint density at radius 1 is 1.22 bits per heavy atom. The summed E-state index contributed by atoms with van der Waals surface area (Å²) < 4.78 is 65.6. The van der Waals surface area contributed by atoms with E-state index in [0.717, 1.165) is 19.0 Å². The van der Waals surface area contributed by atoms with Crippen molar-refractivity contribution in [1.29, 1.82) is 0 Å². The van der Waals surface area contributed by atoms with Crippen LogP contribution in [0.2, 0.25) is 0 Å². The molecule has 5 atom stereocenters. The van der Waals surface area contributed by atoms with E-state index in [1.54, 1.807) is 4.90 Å². The third kappa shape index (κ3) is 4.84. The largest absolute Gasteiger partial charge is 0.481 e. The number of ether oxygens (including phenoxy) is 2. The summed E-state index contributed by atoms with van der Waals surface area (Å²) in [7, 11) is 1.41. The Balaban J connectivity index is 1.11. The van der Waals surface area contributed by atoms with E-state index >= 15 is 0 Å². The van der Waals surface area contributed by atoms with Gasteiger partial charge < -0.3 is 24.8 Å². The van der Waals surface area contributed by atoms with E-state index in [0.29, 0.717) is 19.4 Å². The summed E-state index contributed by atoms with van der Waals surface area (Å²) in [5, 5.41) is 20.1. The molecule has 2 aliphatic carbocycles. The van der Waals surface area contributed by atoms with Crippen LogP contribution < -0.4 is 10.1 Å². The Kier molecular flexibility index (Phi) is 6.76. The highest BCUT2D eigenvalue weighted by molar-refractivity contribution is 5.94. The summed E-state index contributed by atoms with van der Waals surface area (Å²) in [4.78, 5) is 32.3. The minimum Gasteiger partial charge on any atom is -0.481 e. The predicted molar refractivity (Wildman–Crippen MR) is 134 cm³/mol. The molecule has 2 bridgehead atoms. The van der Waals surface area contributed by atoms with Crippen LogP contribution in [0.4, 0.5) is 17.6 Å². The number of aromatic nitrogens is 3. The highest BCUT2D eigenvalue weighted by Gasteiger charge is 2.63. The molecule has 2 aromatic rings. The number of amides is 2. The second-order valence-corrected chi connectivity index (χ2v) is 11.6. The van der Waals surface area contributed by atoms with Gasteiger partial charge in [-0.1, -0.05) is 0 Å². The van der Waals surface area contributed by atoms with E-state index in [9.17, 15) is 32.3 Å². The van der Waals surface area contributed by atoms with E-state index in [1.165, 1.54) is 19.2 Å². The number of aliphatic hydroxyl groups excluding tert-OH is 1. The lowest BCUT2D eigenvalue weighted by atomic mass is 9.70. The molecule has 14 heteroatoms. The number of fused-ring (bicyclic) bond motifs is 2. The van der Waals surface area contributed by atoms with Crippen LogP contribution in [0.25, 0.3) is 11.3 Å². The Morgan fingerprint density at radius 3 is 2.71 bits per heavy atom. The highest BCUT2D eigenvalue weighted by Crippen LogP contribution is 2.52. The van der Waals surface area contributed by atoms with Crippen molar-refractivity contribution in [2.45, 2.75) is 74.4 Å². The lowest BCUT2D eigenvalue weighted by Crippen LogP contribution is -2.63. The van der Waals surface area contributed by atoms with Crippen molar-refractivity contribution in [2.24, 2.45) is 11.8 Å². The number of piperidine rings is 1. The number of aliphatic hydroxyl groups is 1. The van der Waals surface area contributed by atoms with Crippen LogP contribution in [0.15, 0.2) is 18.3 Å². The normalized spacial score (nSPS) is 30.6. The SMILES string of the molecule is COc1cc(-c2cc(C(=O)N3CC[C@H](C(=O)N[C@@H]4CC[C@]5(C(F)(F)F)CC4[C@H](O)CO5)CC34CC4)[nH]n2)c(F)cn1. The van der Waals surface area contributed by atoms with Crippen molar-refractivity contribution in [3.8, 4) is 17.1 Å². The molecule has 2 amide bonds. The van der Waals surface area contributed by atoms with Crippen molar-refractivity contribution in [2.75, 3.05) is 20.3 Å². The van der Waals surface area contributed by atoms with Gasteiger partial charge in [-0.25, -0.2) is 9.37 Å². The average molecular weight is 582 g/mol. The summed E-state index contributed by atoms with van der Waals surface area (Å²) in [6.45, 7) is -0.110. The summed E-state index contributed by atoms with van der Waals surface area (Å²) >= 11 is 0. The Labute approximate surface area is 232 Å². The zero-order valence-electron chi connectivity index (χ0n) is 22.3. The Bertz CT molecular complexity index is 1350. The maximum Gasteiger partial charge on any atom is 0.417 e. The molecule has 3 N–H and O–H groups in total. The standard InChI is InChI=1S/C27H31F4N5O5/c1-40-22-8-15(17(28)12-32-22)19-9-20(35-34-19)24(39)36-7-3-14(10-25(36)5-6-25)23(38)33-18-2-4-26(27(29,30)31)11-16(18)21(37)13-41-26/h8-9,12,14,16,18,21,37H,2-7,10-11,13H2,1H3,(H,33,38)(H,34,35)/t14-,16?,18+,21+,26+/m0/s1. The molecule has 2 saturated heterocycles. The number of carbonyl (C=O) groups excluding carboxylic acids is 2. The molecule has 2 aromatic heterocycles. The van der Waals surface area contributed by atoms with Crippen LogP contribution >= 0.6 is 0 Å². The summed E-state index contributed by atoms with van der Waals surface area (Å²) in [5.74, 6) is -2.14. The fraction of sp³-hybridized carbons (Fsp3) is 0.630. The van der Waals surface area contributed by atoms with E-state index in [-0.39, 0.29) is 53.9 Å². The maximum atomic E-state index is 14.4. The fourth-order valence-electron chi connectivity index (χ4n) is 6.74. The monoisotopic (exact) mass is 581 g/mol. The fourth-order valence-corrected chi connectivity index (χ4v) is 6.74. The van der Waals surface area contributed by atoms with Crippen LogP contribution in [0.3, 0.4) is 0 Å². The summed E-state index contributed by atoms with van der Waals surface area (Å²) in [6, 6.07) is 2.28. The first-order valence-electron chi connectivity index (χ1n) is 13.7. The molecule has 1 unspecified atom stereocenters. The van der Waals surface area contributed by atoms with Crippen molar-refractivity contribution >= 4 is 11.8 Å². The summed E-state index contributed by atoms with van der Waals surface area (Å²) in [5.41, 5.74) is -2.22. The number of pyridine rings is 1. The number of alkyl halides is 3. The molecule has 4 fully saturated rings. The van der Waals surface area contributed by atoms with Crippen molar-refractivity contribution < 1.29 is 41.7 Å². The van der Waals surface area contributed by atoms with Gasteiger partial charge in [0.2, 0.25) is 11.8 Å². The molecule has 1 spiro atoms. The zero-order valence-corrected chi connectivity index (χ0v) is 22.3. The minimum absolute atomic E-state index is 0.0571. The van der Waals surface area contributed by atoms with E-state index in [2.05, 4.69) is 20.5 Å². The van der Waals surface area contributed by atoms with Crippen LogP contribution in [0.5, 0.6) is 5.88 Å². The van der Waals surface area contributed by atoms with Gasteiger partial charge >= 0.3 is 6.18 Å². The third-order valence-corrected chi connectivity index (χ3v) is 9.28. The number of rotatable bonds is 5. The molecule has 0 aromatic carbocycles. The van der Waals surface area contributed by atoms with Crippen LogP contribution in [-0.2, 0) is 9.53 Å². The first-order chi connectivity index (χ1) is 19.5. The quantitative estimate of drug-likeness (QED) is 0.463. The smallest absolute Gasteiger partial charge is 0.417 e. The van der Waals surface area contributed by atoms with E-state index in [4.69, 9.17) is 9.47 Å². The lowest BCUT2D eigenvalue weighted by Gasteiger charge is -2.51. The van der Waals surface area contributed by atoms with Crippen LogP contribution in [0.1, 0.15) is 55.4 Å². The number of H-pyrrole nitrogens is 1. The van der Waals surface area contributed by atoms with E-state index < -0.39 is 53.7 Å². The Morgan fingerprint density at radius 2 is 2.00 bits per heavy atom. The van der Waals surface area contributed by atoms with Gasteiger partial charge in [0, 0.05) is 41.6 Å².